The molecule has 1 N–H and O–H groups in total. The summed E-state index contributed by atoms with van der Waals surface area (Å²) < 4.78 is 0. The highest BCUT2D eigenvalue weighted by molar-refractivity contribution is 5.78. The van der Waals surface area contributed by atoms with Crippen molar-refractivity contribution in [2.24, 2.45) is 0 Å². The number of nitrogens with one attached hydrogen (secondary N) is 1. The van der Waals surface area contributed by atoms with E-state index in [4.69, 9.17) is 0 Å². The molecule has 1 aromatic rings. The smallest absolute Gasteiger partial charge is 0.236 e. The Morgan fingerprint density at radius 3 is 2.29 bits per heavy atom. The number of carbonyl (C=O) groups excluding carboxylic acids is 1. The van der Waals surface area contributed by atoms with Gasteiger partial charge >= 0.3 is 0 Å². The first-order valence-electron chi connectivity index (χ1n) is 6.21. The van der Waals surface area contributed by atoms with Gasteiger partial charge in [0.1, 0.15) is 0 Å². The molecule has 0 atom stereocenters. The molecule has 17 heavy (non-hydrogen) atoms. The third-order valence-electron chi connectivity index (χ3n) is 2.84. The van der Waals surface area contributed by atoms with Crippen LogP contribution >= 0.6 is 0 Å². The SMILES string of the molecule is CCN(CC)C(=O)CNCc1ccc(C)cc1. The molecule has 0 fully saturated rings. The molecule has 1 amide bonds. The standard InChI is InChI=1S/C14H22N2O/c1-4-16(5-2)14(17)11-15-10-13-8-6-12(3)7-9-13/h6-9,15H,4-5,10-11H2,1-3H3. The number of hydrogen-bond acceptors (Lipinski definition) is 2. The maximum Gasteiger partial charge on any atom is 0.236 e. The Labute approximate surface area is 104 Å². The summed E-state index contributed by atoms with van der Waals surface area (Å²) in [6.07, 6.45) is 0. The minimum absolute atomic E-state index is 0.169. The van der Waals surface area contributed by atoms with Crippen molar-refractivity contribution < 1.29 is 4.79 Å². The zero-order valence-corrected chi connectivity index (χ0v) is 11.0. The van der Waals surface area contributed by atoms with E-state index in [0.717, 1.165) is 19.6 Å². The fraction of sp³-hybridized carbons (Fsp3) is 0.500. The van der Waals surface area contributed by atoms with Gasteiger partial charge in [-0.1, -0.05) is 29.8 Å². The highest BCUT2D eigenvalue weighted by Crippen LogP contribution is 2.02. The third-order valence-corrected chi connectivity index (χ3v) is 2.84. The van der Waals surface area contributed by atoms with Gasteiger partial charge in [-0.2, -0.15) is 0 Å². The fourth-order valence-electron chi connectivity index (χ4n) is 1.71. The molecule has 1 rings (SSSR count). The molecule has 0 spiro atoms. The third kappa shape index (κ3) is 4.57. The van der Waals surface area contributed by atoms with E-state index in [1.54, 1.807) is 0 Å². The van der Waals surface area contributed by atoms with Crippen LogP contribution in [0.4, 0.5) is 0 Å². The number of hydrogen-bond donors (Lipinski definition) is 1. The van der Waals surface area contributed by atoms with E-state index in [1.165, 1.54) is 11.1 Å². The Balaban J connectivity index is 2.32. The van der Waals surface area contributed by atoms with Crippen LogP contribution in [0, 0.1) is 6.92 Å². The highest BCUT2D eigenvalue weighted by Gasteiger charge is 2.07. The first kappa shape index (κ1) is 13.7. The molecule has 0 heterocycles. The second kappa shape index (κ2) is 7.07. The quantitative estimate of drug-likeness (QED) is 0.816. The van der Waals surface area contributed by atoms with Gasteiger partial charge in [0, 0.05) is 19.6 Å². The Kier molecular flexibility index (Phi) is 5.70. The molecular weight excluding hydrogens is 212 g/mol. The number of benzene rings is 1. The van der Waals surface area contributed by atoms with Gasteiger partial charge in [0.25, 0.3) is 0 Å². The number of aryl methyl sites for hydroxylation is 1. The van der Waals surface area contributed by atoms with Crippen LogP contribution in [0.3, 0.4) is 0 Å². The van der Waals surface area contributed by atoms with Crippen molar-refractivity contribution in [3.05, 3.63) is 35.4 Å². The summed E-state index contributed by atoms with van der Waals surface area (Å²) >= 11 is 0. The lowest BCUT2D eigenvalue weighted by Gasteiger charge is -2.18. The number of nitrogens with zero attached hydrogens (tertiary/aromatic N) is 1. The van der Waals surface area contributed by atoms with E-state index in [2.05, 4.69) is 36.5 Å². The lowest BCUT2D eigenvalue weighted by atomic mass is 10.1. The zero-order chi connectivity index (χ0) is 12.7. The monoisotopic (exact) mass is 234 g/mol. The van der Waals surface area contributed by atoms with Crippen LogP contribution < -0.4 is 5.32 Å². The van der Waals surface area contributed by atoms with Crippen LogP contribution in [-0.2, 0) is 11.3 Å². The first-order valence-corrected chi connectivity index (χ1v) is 6.21. The van der Waals surface area contributed by atoms with Gasteiger partial charge in [-0.05, 0) is 26.3 Å². The maximum atomic E-state index is 11.7. The van der Waals surface area contributed by atoms with E-state index in [0.29, 0.717) is 6.54 Å². The van der Waals surface area contributed by atoms with Gasteiger partial charge in [-0.15, -0.1) is 0 Å². The lowest BCUT2D eigenvalue weighted by Crippen LogP contribution is -2.37. The Morgan fingerprint density at radius 2 is 1.76 bits per heavy atom. The summed E-state index contributed by atoms with van der Waals surface area (Å²) in [5.74, 6) is 0.169. The van der Waals surface area contributed by atoms with Crippen molar-refractivity contribution in [3.8, 4) is 0 Å². The van der Waals surface area contributed by atoms with Crippen LogP contribution in [0.1, 0.15) is 25.0 Å². The number of rotatable bonds is 6. The van der Waals surface area contributed by atoms with Gasteiger partial charge in [-0.3, -0.25) is 4.79 Å². The molecule has 0 unspecified atom stereocenters. The number of amides is 1. The van der Waals surface area contributed by atoms with E-state index >= 15 is 0 Å². The average Bonchev–Trinajstić information content (AvgIpc) is 2.33. The molecule has 3 nitrogen and oxygen atoms in total. The maximum absolute atomic E-state index is 11.7. The average molecular weight is 234 g/mol. The largest absolute Gasteiger partial charge is 0.342 e. The summed E-state index contributed by atoms with van der Waals surface area (Å²) in [6.45, 7) is 8.79. The molecule has 0 aliphatic rings. The van der Waals surface area contributed by atoms with Crippen molar-refractivity contribution in [1.82, 2.24) is 10.2 Å². The first-order chi connectivity index (χ1) is 8.17. The number of likely N-dealkylation sites (N-methyl/N-ethyl adjacent to an activating group) is 1. The van der Waals surface area contributed by atoms with Crippen LogP contribution in [0.25, 0.3) is 0 Å². The van der Waals surface area contributed by atoms with Crippen molar-refractivity contribution in [3.63, 3.8) is 0 Å². The van der Waals surface area contributed by atoms with Gasteiger partial charge in [0.2, 0.25) is 5.91 Å². The highest BCUT2D eigenvalue weighted by atomic mass is 16.2. The minimum Gasteiger partial charge on any atom is -0.342 e. The molecule has 94 valence electrons. The van der Waals surface area contributed by atoms with Crippen molar-refractivity contribution in [1.29, 1.82) is 0 Å². The summed E-state index contributed by atoms with van der Waals surface area (Å²) in [5.41, 5.74) is 2.47. The van der Waals surface area contributed by atoms with Crippen LogP contribution in [0.2, 0.25) is 0 Å². The zero-order valence-electron chi connectivity index (χ0n) is 11.0. The van der Waals surface area contributed by atoms with E-state index in [9.17, 15) is 4.79 Å². The van der Waals surface area contributed by atoms with Crippen molar-refractivity contribution in [2.75, 3.05) is 19.6 Å². The van der Waals surface area contributed by atoms with E-state index < -0.39 is 0 Å². The molecule has 0 aliphatic carbocycles. The second-order valence-corrected chi connectivity index (χ2v) is 4.16. The topological polar surface area (TPSA) is 32.3 Å². The number of carbonyl (C=O) groups is 1. The Hall–Kier alpha value is -1.35. The molecular formula is C14H22N2O. The predicted molar refractivity (Wildman–Crippen MR) is 70.8 cm³/mol. The van der Waals surface area contributed by atoms with Gasteiger partial charge in [0.05, 0.1) is 6.54 Å². The molecule has 0 bridgehead atoms. The predicted octanol–water partition coefficient (Wildman–Crippen LogP) is 1.95. The van der Waals surface area contributed by atoms with Crippen LogP contribution in [0.5, 0.6) is 0 Å². The molecule has 0 saturated carbocycles. The van der Waals surface area contributed by atoms with Gasteiger partial charge in [-0.25, -0.2) is 0 Å². The summed E-state index contributed by atoms with van der Waals surface area (Å²) in [7, 11) is 0. The van der Waals surface area contributed by atoms with E-state index in [-0.39, 0.29) is 5.91 Å². The van der Waals surface area contributed by atoms with Crippen LogP contribution in [0.15, 0.2) is 24.3 Å². The Bertz CT molecular complexity index is 342. The molecule has 0 saturated heterocycles. The molecule has 0 aliphatic heterocycles. The van der Waals surface area contributed by atoms with E-state index in [1.807, 2.05) is 18.7 Å². The lowest BCUT2D eigenvalue weighted by molar-refractivity contribution is -0.129. The van der Waals surface area contributed by atoms with Crippen molar-refractivity contribution >= 4 is 5.91 Å². The fourth-order valence-corrected chi connectivity index (χ4v) is 1.71. The normalized spacial score (nSPS) is 10.3. The second-order valence-electron chi connectivity index (χ2n) is 4.16. The minimum atomic E-state index is 0.169. The van der Waals surface area contributed by atoms with Gasteiger partial charge < -0.3 is 10.2 Å². The molecule has 3 heteroatoms. The summed E-state index contributed by atoms with van der Waals surface area (Å²) in [6, 6.07) is 8.35. The van der Waals surface area contributed by atoms with Crippen LogP contribution in [-0.4, -0.2) is 30.4 Å². The molecule has 0 radical (unpaired) electrons. The van der Waals surface area contributed by atoms with Gasteiger partial charge in [0.15, 0.2) is 0 Å². The van der Waals surface area contributed by atoms with Crippen molar-refractivity contribution in [2.45, 2.75) is 27.3 Å². The Morgan fingerprint density at radius 1 is 1.18 bits per heavy atom. The summed E-state index contributed by atoms with van der Waals surface area (Å²) in [4.78, 5) is 13.5. The molecule has 1 aromatic carbocycles. The summed E-state index contributed by atoms with van der Waals surface area (Å²) in [5, 5.41) is 3.18. The molecule has 0 aromatic heterocycles.